The summed E-state index contributed by atoms with van der Waals surface area (Å²) in [6, 6.07) is 0. The molecular weight excluding hydrogens is 287 g/mol. The van der Waals surface area contributed by atoms with Crippen molar-refractivity contribution < 1.29 is 33.7 Å². The van der Waals surface area contributed by atoms with Gasteiger partial charge in [0.25, 0.3) is 0 Å². The van der Waals surface area contributed by atoms with Crippen molar-refractivity contribution in [2.75, 3.05) is 0 Å². The molecule has 7 nitrogen and oxygen atoms in total. The molecule has 0 aliphatic heterocycles. The summed E-state index contributed by atoms with van der Waals surface area (Å²) in [4.78, 5) is 49.2. The van der Waals surface area contributed by atoms with Crippen LogP contribution in [0.1, 0.15) is 46.0 Å². The fraction of sp³-hybridized carbons (Fsp3) is 0.667. The fourth-order valence-electron chi connectivity index (χ4n) is 1.39. The molecular formula is C12H21O7P. The Balaban J connectivity index is 4.47. The maximum atomic E-state index is 11.6. The van der Waals surface area contributed by atoms with Crippen molar-refractivity contribution in [2.24, 2.45) is 0 Å². The lowest BCUT2D eigenvalue weighted by molar-refractivity contribution is -0.255. The van der Waals surface area contributed by atoms with Crippen molar-refractivity contribution in [3.8, 4) is 0 Å². The van der Waals surface area contributed by atoms with Crippen LogP contribution >= 0.6 is 7.60 Å². The number of hydrogen-bond donors (Lipinski definition) is 2. The number of carbonyl (C=O) groups is 2. The monoisotopic (exact) mass is 308 g/mol. The molecule has 0 radical (unpaired) electrons. The van der Waals surface area contributed by atoms with E-state index >= 15 is 0 Å². The zero-order valence-corrected chi connectivity index (χ0v) is 12.6. The maximum absolute atomic E-state index is 11.6. The standard InChI is InChI=1S/C12H21O7P/c1-4-5-6-7-8-10(20(15,16)17)12(14)19-18-11(13)9(2)3/h10H,2,4-8H2,1,3H3,(H2,15,16,17). The Bertz CT molecular complexity index is 399. The first-order valence-corrected chi connectivity index (χ1v) is 8.01. The van der Waals surface area contributed by atoms with Crippen molar-refractivity contribution in [1.29, 1.82) is 0 Å². The van der Waals surface area contributed by atoms with Crippen LogP contribution in [0.2, 0.25) is 0 Å². The van der Waals surface area contributed by atoms with Crippen LogP contribution in [0, 0.1) is 0 Å². The quantitative estimate of drug-likeness (QED) is 0.232. The van der Waals surface area contributed by atoms with Gasteiger partial charge in [-0.3, -0.25) is 4.57 Å². The van der Waals surface area contributed by atoms with E-state index in [2.05, 4.69) is 16.4 Å². The molecule has 1 unspecified atom stereocenters. The summed E-state index contributed by atoms with van der Waals surface area (Å²) in [5.41, 5.74) is -1.61. The Morgan fingerprint density at radius 3 is 2.25 bits per heavy atom. The first-order valence-electron chi connectivity index (χ1n) is 6.33. The molecule has 0 aromatic heterocycles. The fourth-order valence-corrected chi connectivity index (χ4v) is 2.23. The normalized spacial score (nSPS) is 12.6. The summed E-state index contributed by atoms with van der Waals surface area (Å²) in [5, 5.41) is 0. The number of rotatable bonds is 8. The van der Waals surface area contributed by atoms with Crippen LogP contribution in [0.5, 0.6) is 0 Å². The average Bonchev–Trinajstić information content (AvgIpc) is 2.33. The zero-order valence-electron chi connectivity index (χ0n) is 11.7. The van der Waals surface area contributed by atoms with Gasteiger partial charge >= 0.3 is 19.5 Å². The van der Waals surface area contributed by atoms with E-state index in [1.165, 1.54) is 6.92 Å². The van der Waals surface area contributed by atoms with Gasteiger partial charge < -0.3 is 9.79 Å². The molecule has 0 saturated heterocycles. The summed E-state index contributed by atoms with van der Waals surface area (Å²) in [6.07, 6.45) is 3.08. The molecule has 0 aliphatic rings. The molecule has 0 amide bonds. The van der Waals surface area contributed by atoms with E-state index in [0.29, 0.717) is 6.42 Å². The van der Waals surface area contributed by atoms with Gasteiger partial charge in [0.1, 0.15) is 0 Å². The van der Waals surface area contributed by atoms with Gasteiger partial charge in [0.2, 0.25) is 0 Å². The first kappa shape index (κ1) is 18.8. The third-order valence-corrected chi connectivity index (χ3v) is 3.84. The summed E-state index contributed by atoms with van der Waals surface area (Å²) in [6.45, 7) is 6.62. The molecule has 20 heavy (non-hydrogen) atoms. The Hall–Kier alpha value is -1.17. The third kappa shape index (κ3) is 7.43. The van der Waals surface area contributed by atoms with Crippen LogP contribution < -0.4 is 0 Å². The van der Waals surface area contributed by atoms with Gasteiger partial charge in [-0.2, -0.15) is 0 Å². The predicted molar refractivity (Wildman–Crippen MR) is 71.6 cm³/mol. The van der Waals surface area contributed by atoms with Crippen molar-refractivity contribution >= 4 is 19.5 Å². The molecule has 0 saturated carbocycles. The minimum Gasteiger partial charge on any atom is -0.324 e. The Morgan fingerprint density at radius 2 is 1.80 bits per heavy atom. The lowest BCUT2D eigenvalue weighted by Gasteiger charge is -2.15. The highest BCUT2D eigenvalue weighted by Crippen LogP contribution is 2.44. The van der Waals surface area contributed by atoms with Crippen molar-refractivity contribution in [3.05, 3.63) is 12.2 Å². The topological polar surface area (TPSA) is 110 Å². The van der Waals surface area contributed by atoms with E-state index in [1.807, 2.05) is 6.92 Å². The lowest BCUT2D eigenvalue weighted by atomic mass is 10.1. The lowest BCUT2D eigenvalue weighted by Crippen LogP contribution is -2.25. The van der Waals surface area contributed by atoms with E-state index in [0.717, 1.165) is 19.3 Å². The molecule has 0 fully saturated rings. The Labute approximate surface area is 118 Å². The summed E-state index contributed by atoms with van der Waals surface area (Å²) >= 11 is 0. The molecule has 0 aliphatic carbocycles. The van der Waals surface area contributed by atoms with Crippen molar-refractivity contribution in [2.45, 2.75) is 51.6 Å². The van der Waals surface area contributed by atoms with Crippen molar-refractivity contribution in [1.82, 2.24) is 0 Å². The molecule has 0 rings (SSSR count). The third-order valence-electron chi connectivity index (χ3n) is 2.56. The molecule has 1 atom stereocenters. The molecule has 0 heterocycles. The predicted octanol–water partition coefficient (Wildman–Crippen LogP) is 2.08. The molecule has 0 spiro atoms. The second-order valence-corrected chi connectivity index (χ2v) is 6.31. The van der Waals surface area contributed by atoms with Gasteiger partial charge in [-0.15, -0.1) is 0 Å². The second-order valence-electron chi connectivity index (χ2n) is 4.51. The smallest absolute Gasteiger partial charge is 0.324 e. The van der Waals surface area contributed by atoms with E-state index in [4.69, 9.17) is 9.79 Å². The number of unbranched alkanes of at least 4 members (excludes halogenated alkanes) is 3. The summed E-state index contributed by atoms with van der Waals surface area (Å²) in [5.74, 6) is -2.21. The van der Waals surface area contributed by atoms with Gasteiger partial charge in [0.05, 0.1) is 0 Å². The second kappa shape index (κ2) is 8.89. The van der Waals surface area contributed by atoms with Crippen LogP contribution in [0.25, 0.3) is 0 Å². The first-order chi connectivity index (χ1) is 9.20. The average molecular weight is 308 g/mol. The van der Waals surface area contributed by atoms with Gasteiger partial charge in [-0.05, 0) is 13.3 Å². The van der Waals surface area contributed by atoms with E-state index in [-0.39, 0.29) is 12.0 Å². The van der Waals surface area contributed by atoms with Crippen LogP contribution in [-0.4, -0.2) is 27.4 Å². The number of hydrogen-bond acceptors (Lipinski definition) is 5. The molecule has 0 aromatic carbocycles. The molecule has 116 valence electrons. The minimum atomic E-state index is -4.65. The molecule has 8 heteroatoms. The van der Waals surface area contributed by atoms with Crippen LogP contribution in [-0.2, 0) is 23.9 Å². The zero-order chi connectivity index (χ0) is 15.8. The SMILES string of the molecule is C=C(C)C(=O)OOC(=O)C(CCCCCC)P(=O)(O)O. The van der Waals surface area contributed by atoms with Crippen LogP contribution in [0.4, 0.5) is 0 Å². The number of carbonyl (C=O) groups excluding carboxylic acids is 2. The highest BCUT2D eigenvalue weighted by Gasteiger charge is 2.38. The van der Waals surface area contributed by atoms with Crippen LogP contribution in [0.15, 0.2) is 12.2 Å². The van der Waals surface area contributed by atoms with Crippen LogP contribution in [0.3, 0.4) is 0 Å². The highest BCUT2D eigenvalue weighted by molar-refractivity contribution is 7.53. The van der Waals surface area contributed by atoms with Gasteiger partial charge in [0.15, 0.2) is 5.66 Å². The molecule has 0 bridgehead atoms. The van der Waals surface area contributed by atoms with E-state index in [1.54, 1.807) is 0 Å². The maximum Gasteiger partial charge on any atom is 0.381 e. The van der Waals surface area contributed by atoms with E-state index in [9.17, 15) is 14.2 Å². The van der Waals surface area contributed by atoms with Gasteiger partial charge in [0, 0.05) is 5.57 Å². The van der Waals surface area contributed by atoms with Crippen molar-refractivity contribution in [3.63, 3.8) is 0 Å². The molecule has 2 N–H and O–H groups in total. The van der Waals surface area contributed by atoms with E-state index < -0.39 is 25.2 Å². The largest absolute Gasteiger partial charge is 0.381 e. The molecule has 0 aromatic rings. The summed E-state index contributed by atoms with van der Waals surface area (Å²) < 4.78 is 11.3. The van der Waals surface area contributed by atoms with Gasteiger partial charge in [-0.25, -0.2) is 19.4 Å². The Kier molecular flexibility index (Phi) is 8.37. The minimum absolute atomic E-state index is 0.00785. The highest BCUT2D eigenvalue weighted by atomic mass is 31.2. The Morgan fingerprint density at radius 1 is 1.20 bits per heavy atom. The van der Waals surface area contributed by atoms with Gasteiger partial charge in [-0.1, -0.05) is 39.2 Å². The summed E-state index contributed by atoms with van der Waals surface area (Å²) in [7, 11) is -4.65.